The van der Waals surface area contributed by atoms with Crippen LogP contribution in [0.4, 0.5) is 0 Å². The van der Waals surface area contributed by atoms with Crippen molar-refractivity contribution >= 4 is 47.0 Å². The summed E-state index contributed by atoms with van der Waals surface area (Å²) in [5.41, 5.74) is 6.56. The van der Waals surface area contributed by atoms with E-state index < -0.39 is 0 Å². The number of nitrogens with zero attached hydrogens (tertiary/aromatic N) is 4. The van der Waals surface area contributed by atoms with E-state index >= 15 is 0 Å². The molecule has 0 atom stereocenters. The van der Waals surface area contributed by atoms with Gasteiger partial charge >= 0.3 is 0 Å². The first-order valence-corrected chi connectivity index (χ1v) is 5.21. The van der Waals surface area contributed by atoms with Gasteiger partial charge in [-0.2, -0.15) is 10.2 Å². The monoisotopic (exact) mass is 321 g/mol. The SMILES string of the molecule is CN=C([S-])N/N=C(C)/C(C)=N/NC([S-])=NC.[Cu]. The van der Waals surface area contributed by atoms with E-state index in [0.29, 0.717) is 21.8 Å². The molecule has 1 radical (unpaired) electrons. The average Bonchev–Trinajstić information content (AvgIpc) is 2.31. The Bertz CT molecular complexity index is 316. The maximum absolute atomic E-state index is 4.81. The van der Waals surface area contributed by atoms with E-state index in [4.69, 9.17) is 25.3 Å². The second-order valence-electron chi connectivity index (χ2n) is 2.68. The Labute approximate surface area is 123 Å². The van der Waals surface area contributed by atoms with Gasteiger partial charge in [0.1, 0.15) is 0 Å². The van der Waals surface area contributed by atoms with Gasteiger partial charge in [0.05, 0.1) is 11.4 Å². The molecule has 0 rings (SSSR count). The van der Waals surface area contributed by atoms with Crippen molar-refractivity contribution in [2.45, 2.75) is 13.8 Å². The average molecular weight is 322 g/mol. The third kappa shape index (κ3) is 8.99. The first-order chi connectivity index (χ1) is 7.51. The van der Waals surface area contributed by atoms with E-state index in [9.17, 15) is 0 Å². The molecule has 2 N–H and O–H groups in total. The van der Waals surface area contributed by atoms with Crippen LogP contribution in [-0.2, 0) is 42.3 Å². The number of nitrogens with one attached hydrogen (secondary N) is 2. The molecule has 0 aromatic rings. The van der Waals surface area contributed by atoms with Gasteiger partial charge < -0.3 is 25.3 Å². The fourth-order valence-corrected chi connectivity index (χ4v) is 0.616. The minimum Gasteiger partial charge on any atom is -0.741 e. The summed E-state index contributed by atoms with van der Waals surface area (Å²) in [6.45, 7) is 3.58. The molecule has 0 bridgehead atoms. The molecule has 0 spiro atoms. The van der Waals surface area contributed by atoms with Gasteiger partial charge in [-0.05, 0) is 24.2 Å². The van der Waals surface area contributed by atoms with Gasteiger partial charge in [0, 0.05) is 31.2 Å². The van der Waals surface area contributed by atoms with E-state index in [0.717, 1.165) is 0 Å². The minimum absolute atomic E-state index is 0. The topological polar surface area (TPSA) is 73.5 Å². The van der Waals surface area contributed by atoms with Crippen LogP contribution in [-0.4, -0.2) is 35.9 Å². The fraction of sp³-hybridized carbons (Fsp3) is 0.500. The molecule has 0 aromatic heterocycles. The van der Waals surface area contributed by atoms with Crippen LogP contribution in [0.5, 0.6) is 0 Å². The summed E-state index contributed by atoms with van der Waals surface area (Å²) in [5.74, 6) is 0. The van der Waals surface area contributed by atoms with Crippen molar-refractivity contribution in [3.05, 3.63) is 0 Å². The molecule has 0 aliphatic rings. The standard InChI is InChI=1S/C8H16N6S2.Cu/c1-5(11-13-7(15)9-3)6(2)12-14-8(16)10-4;/h1-4H3,(H2,9,13,15)(H2,10,14,16);/p-2/b11-5+,12-6+;. The summed E-state index contributed by atoms with van der Waals surface area (Å²) in [6.07, 6.45) is 0. The molecule has 0 heterocycles. The van der Waals surface area contributed by atoms with Crippen LogP contribution in [0.15, 0.2) is 20.2 Å². The quantitative estimate of drug-likeness (QED) is 0.252. The fourth-order valence-electron chi connectivity index (χ4n) is 0.525. The van der Waals surface area contributed by atoms with Crippen LogP contribution in [0, 0.1) is 0 Å². The molecule has 9 heteroatoms. The molecule has 0 aliphatic carbocycles. The summed E-state index contributed by atoms with van der Waals surface area (Å²) in [4.78, 5) is 7.46. The molecule has 17 heavy (non-hydrogen) atoms. The first kappa shape index (κ1) is 18.6. The van der Waals surface area contributed by atoms with Crippen LogP contribution >= 0.6 is 0 Å². The van der Waals surface area contributed by atoms with Gasteiger partial charge in [0.25, 0.3) is 0 Å². The van der Waals surface area contributed by atoms with Crippen LogP contribution in [0.2, 0.25) is 0 Å². The van der Waals surface area contributed by atoms with Gasteiger partial charge in [-0.25, -0.2) is 0 Å². The maximum atomic E-state index is 4.81. The second kappa shape index (κ2) is 10.4. The second-order valence-corrected chi connectivity index (χ2v) is 3.45. The van der Waals surface area contributed by atoms with Crippen molar-refractivity contribution in [1.29, 1.82) is 0 Å². The number of aliphatic imine (C=N–C) groups is 2. The Kier molecular flexibility index (Phi) is 11.4. The van der Waals surface area contributed by atoms with E-state index in [2.05, 4.69) is 31.0 Å². The Morgan fingerprint density at radius 1 is 0.824 bits per heavy atom. The molecule has 101 valence electrons. The Morgan fingerprint density at radius 3 is 1.35 bits per heavy atom. The van der Waals surface area contributed by atoms with Crippen molar-refractivity contribution in [2.75, 3.05) is 14.1 Å². The van der Waals surface area contributed by atoms with Crippen LogP contribution in [0.1, 0.15) is 13.8 Å². The van der Waals surface area contributed by atoms with Gasteiger partial charge in [-0.1, -0.05) is 0 Å². The predicted molar refractivity (Wildman–Crippen MR) is 73.9 cm³/mol. The molecule has 0 aliphatic heterocycles. The Morgan fingerprint density at radius 2 is 1.12 bits per heavy atom. The minimum atomic E-state index is 0. The number of amidine groups is 2. The summed E-state index contributed by atoms with van der Waals surface area (Å²) >= 11 is 9.62. The van der Waals surface area contributed by atoms with Crippen molar-refractivity contribution in [3.8, 4) is 0 Å². The van der Waals surface area contributed by atoms with Gasteiger partial charge in [0.15, 0.2) is 0 Å². The molecular weight excluding hydrogens is 308 g/mol. The van der Waals surface area contributed by atoms with Crippen molar-refractivity contribution in [1.82, 2.24) is 10.9 Å². The van der Waals surface area contributed by atoms with Crippen molar-refractivity contribution in [2.24, 2.45) is 20.2 Å². The molecule has 0 saturated heterocycles. The zero-order valence-corrected chi connectivity index (χ0v) is 12.5. The van der Waals surface area contributed by atoms with E-state index in [1.807, 2.05) is 0 Å². The van der Waals surface area contributed by atoms with Gasteiger partial charge in [0.2, 0.25) is 0 Å². The van der Waals surface area contributed by atoms with Crippen LogP contribution < -0.4 is 10.9 Å². The molecule has 0 aromatic carbocycles. The van der Waals surface area contributed by atoms with E-state index in [1.54, 1.807) is 27.9 Å². The Balaban J connectivity index is 0. The molecule has 6 nitrogen and oxygen atoms in total. The maximum Gasteiger partial charge on any atom is 0.0805 e. The number of hydrogen-bond donors (Lipinski definition) is 2. The molecule has 0 unspecified atom stereocenters. The summed E-state index contributed by atoms with van der Waals surface area (Å²) < 4.78 is 0. The molecule has 0 fully saturated rings. The number of rotatable bonds is 3. The van der Waals surface area contributed by atoms with E-state index in [1.165, 1.54) is 0 Å². The van der Waals surface area contributed by atoms with E-state index in [-0.39, 0.29) is 17.1 Å². The molecule has 0 saturated carbocycles. The number of hydrogen-bond acceptors (Lipinski definition) is 6. The normalized spacial score (nSPS) is 14.1. The first-order valence-electron chi connectivity index (χ1n) is 4.39. The largest absolute Gasteiger partial charge is 0.741 e. The van der Waals surface area contributed by atoms with Gasteiger partial charge in [-0.3, -0.25) is 20.8 Å². The third-order valence-corrected chi connectivity index (χ3v) is 2.12. The smallest absolute Gasteiger partial charge is 0.0805 e. The van der Waals surface area contributed by atoms with Gasteiger partial charge in [-0.15, -0.1) is 0 Å². The van der Waals surface area contributed by atoms with Crippen molar-refractivity contribution < 1.29 is 17.1 Å². The summed E-state index contributed by atoms with van der Waals surface area (Å²) in [7, 11) is 3.17. The van der Waals surface area contributed by atoms with Crippen LogP contribution in [0.25, 0.3) is 0 Å². The summed E-state index contributed by atoms with van der Waals surface area (Å²) in [6, 6.07) is 0. The zero-order valence-electron chi connectivity index (χ0n) is 9.91. The summed E-state index contributed by atoms with van der Waals surface area (Å²) in [5, 5.41) is 8.61. The molecule has 0 amide bonds. The predicted octanol–water partition coefficient (Wildman–Crippen LogP) is -0.0197. The zero-order chi connectivity index (χ0) is 12.6. The van der Waals surface area contributed by atoms with Crippen LogP contribution in [0.3, 0.4) is 0 Å². The Hall–Kier alpha value is -0.761. The number of hydrazone groups is 2. The molecular formula is C8H14CuN6S2-2. The third-order valence-electron chi connectivity index (χ3n) is 1.57. The van der Waals surface area contributed by atoms with Crippen molar-refractivity contribution in [3.63, 3.8) is 0 Å².